The fraction of sp³-hybridized carbons (Fsp3) is 0.231. The van der Waals surface area contributed by atoms with Crippen LogP contribution < -0.4 is 4.74 Å². The van der Waals surface area contributed by atoms with Crippen molar-refractivity contribution in [2.45, 2.75) is 20.1 Å². The lowest BCUT2D eigenvalue weighted by atomic mass is 10.2. The number of carbonyl (C=O) groups is 1. The molecule has 0 aliphatic rings. The van der Waals surface area contributed by atoms with E-state index in [1.807, 2.05) is 17.7 Å². The van der Waals surface area contributed by atoms with Crippen molar-refractivity contribution in [3.8, 4) is 5.75 Å². The van der Waals surface area contributed by atoms with Crippen molar-refractivity contribution in [3.05, 3.63) is 47.8 Å². The second kappa shape index (κ2) is 5.44. The van der Waals surface area contributed by atoms with Crippen LogP contribution in [0.3, 0.4) is 0 Å². The van der Waals surface area contributed by atoms with E-state index >= 15 is 0 Å². The summed E-state index contributed by atoms with van der Waals surface area (Å²) in [4.78, 5) is 14.9. The molecule has 0 atom stereocenters. The van der Waals surface area contributed by atoms with Gasteiger partial charge in [-0.3, -0.25) is 4.79 Å². The van der Waals surface area contributed by atoms with E-state index < -0.39 is 5.82 Å². The topological polar surface area (TPSA) is 44.1 Å². The van der Waals surface area contributed by atoms with E-state index in [1.165, 1.54) is 12.1 Å². The van der Waals surface area contributed by atoms with Gasteiger partial charge in [-0.15, -0.1) is 0 Å². The molecule has 2 rings (SSSR count). The van der Waals surface area contributed by atoms with Crippen molar-refractivity contribution < 1.29 is 13.9 Å². The Hall–Kier alpha value is -2.17. The van der Waals surface area contributed by atoms with Gasteiger partial charge in [-0.2, -0.15) is 0 Å². The number of carbonyl (C=O) groups excluding carboxylic acids is 1. The van der Waals surface area contributed by atoms with Crippen molar-refractivity contribution >= 4 is 6.29 Å². The molecule has 0 N–H and O–H groups in total. The largest absolute Gasteiger partial charge is 0.485 e. The Morgan fingerprint density at radius 2 is 2.33 bits per heavy atom. The molecule has 0 aliphatic carbocycles. The summed E-state index contributed by atoms with van der Waals surface area (Å²) in [6.45, 7) is 3.04. The third-order valence-corrected chi connectivity index (χ3v) is 2.60. The minimum Gasteiger partial charge on any atom is -0.485 e. The number of halogens is 1. The molecule has 4 nitrogen and oxygen atoms in total. The molecule has 0 fully saturated rings. The minimum absolute atomic E-state index is 0.199. The highest BCUT2D eigenvalue weighted by Gasteiger charge is 2.07. The molecule has 18 heavy (non-hydrogen) atoms. The number of nitrogens with zero attached hydrogens (tertiary/aromatic N) is 2. The van der Waals surface area contributed by atoms with E-state index in [-0.39, 0.29) is 12.2 Å². The summed E-state index contributed by atoms with van der Waals surface area (Å²) in [6, 6.07) is 3.85. The zero-order valence-corrected chi connectivity index (χ0v) is 9.97. The average Bonchev–Trinajstić information content (AvgIpc) is 2.84. The predicted molar refractivity (Wildman–Crippen MR) is 64.0 cm³/mol. The quantitative estimate of drug-likeness (QED) is 0.763. The molecule has 94 valence electrons. The van der Waals surface area contributed by atoms with Crippen LogP contribution in [0.4, 0.5) is 4.39 Å². The average molecular weight is 248 g/mol. The summed E-state index contributed by atoms with van der Waals surface area (Å²) in [5.74, 6) is 0.662. The molecular weight excluding hydrogens is 235 g/mol. The van der Waals surface area contributed by atoms with Crippen LogP contribution in [0.15, 0.2) is 30.6 Å². The molecule has 0 saturated carbocycles. The van der Waals surface area contributed by atoms with Gasteiger partial charge in [-0.25, -0.2) is 9.37 Å². The van der Waals surface area contributed by atoms with Crippen LogP contribution in [0, 0.1) is 5.82 Å². The predicted octanol–water partition coefficient (Wildman–Crippen LogP) is 2.43. The molecule has 0 saturated heterocycles. The Labute approximate surface area is 104 Å². The first-order valence-electron chi connectivity index (χ1n) is 5.62. The van der Waals surface area contributed by atoms with E-state index in [2.05, 4.69) is 4.98 Å². The van der Waals surface area contributed by atoms with E-state index in [1.54, 1.807) is 6.20 Å². The van der Waals surface area contributed by atoms with Crippen LogP contribution >= 0.6 is 0 Å². The molecule has 0 unspecified atom stereocenters. The van der Waals surface area contributed by atoms with Crippen LogP contribution in [0.5, 0.6) is 5.75 Å². The first kappa shape index (κ1) is 12.3. The number of ether oxygens (including phenoxy) is 1. The van der Waals surface area contributed by atoms with Crippen molar-refractivity contribution in [3.63, 3.8) is 0 Å². The smallest absolute Gasteiger partial charge is 0.153 e. The SMILES string of the molecule is CCn1ccnc1COc1ccc(F)cc1C=O. The lowest BCUT2D eigenvalue weighted by molar-refractivity contribution is 0.111. The second-order valence-corrected chi connectivity index (χ2v) is 3.72. The summed E-state index contributed by atoms with van der Waals surface area (Å²) >= 11 is 0. The zero-order chi connectivity index (χ0) is 13.0. The van der Waals surface area contributed by atoms with Crippen molar-refractivity contribution in [1.29, 1.82) is 0 Å². The number of aldehydes is 1. The van der Waals surface area contributed by atoms with Gasteiger partial charge in [0, 0.05) is 18.9 Å². The molecule has 0 amide bonds. The van der Waals surface area contributed by atoms with Crippen LogP contribution in [-0.4, -0.2) is 15.8 Å². The Morgan fingerprint density at radius 1 is 1.50 bits per heavy atom. The fourth-order valence-electron chi connectivity index (χ4n) is 1.65. The molecule has 5 heteroatoms. The van der Waals surface area contributed by atoms with Gasteiger partial charge in [0.05, 0.1) is 5.56 Å². The van der Waals surface area contributed by atoms with E-state index in [4.69, 9.17) is 4.74 Å². The maximum atomic E-state index is 12.9. The molecule has 0 aliphatic heterocycles. The van der Waals surface area contributed by atoms with Crippen molar-refractivity contribution in [2.24, 2.45) is 0 Å². The summed E-state index contributed by atoms with van der Waals surface area (Å²) in [5, 5.41) is 0. The van der Waals surface area contributed by atoms with Crippen LogP contribution in [0.1, 0.15) is 23.1 Å². The van der Waals surface area contributed by atoms with Gasteiger partial charge in [0.1, 0.15) is 24.0 Å². The molecule has 0 spiro atoms. The molecule has 0 radical (unpaired) electrons. The van der Waals surface area contributed by atoms with Gasteiger partial charge >= 0.3 is 0 Å². The minimum atomic E-state index is -0.459. The third kappa shape index (κ3) is 2.56. The summed E-state index contributed by atoms with van der Waals surface area (Å²) in [6.07, 6.45) is 4.11. The fourth-order valence-corrected chi connectivity index (χ4v) is 1.65. The van der Waals surface area contributed by atoms with E-state index in [0.29, 0.717) is 12.0 Å². The Bertz CT molecular complexity index is 552. The molecular formula is C13H13FN2O2. The van der Waals surface area contributed by atoms with Gasteiger partial charge in [-0.05, 0) is 25.1 Å². The number of benzene rings is 1. The van der Waals surface area contributed by atoms with Crippen LogP contribution in [-0.2, 0) is 13.2 Å². The highest BCUT2D eigenvalue weighted by atomic mass is 19.1. The van der Waals surface area contributed by atoms with Gasteiger partial charge in [0.2, 0.25) is 0 Å². The van der Waals surface area contributed by atoms with E-state index in [0.717, 1.165) is 18.4 Å². The second-order valence-electron chi connectivity index (χ2n) is 3.72. The van der Waals surface area contributed by atoms with Gasteiger partial charge in [-0.1, -0.05) is 0 Å². The number of rotatable bonds is 5. The first-order valence-corrected chi connectivity index (χ1v) is 5.62. The highest BCUT2D eigenvalue weighted by molar-refractivity contribution is 5.79. The monoisotopic (exact) mass is 248 g/mol. The van der Waals surface area contributed by atoms with Crippen LogP contribution in [0.2, 0.25) is 0 Å². The Kier molecular flexibility index (Phi) is 3.72. The van der Waals surface area contributed by atoms with Crippen molar-refractivity contribution in [1.82, 2.24) is 9.55 Å². The standard InChI is InChI=1S/C13H13FN2O2/c1-2-16-6-5-15-13(16)9-18-12-4-3-11(14)7-10(12)8-17/h3-8H,2,9H2,1H3. The normalized spacial score (nSPS) is 10.3. The molecule has 1 aromatic carbocycles. The summed E-state index contributed by atoms with van der Waals surface area (Å²) in [5.41, 5.74) is 0.199. The number of imidazole rings is 1. The third-order valence-electron chi connectivity index (χ3n) is 2.60. The van der Waals surface area contributed by atoms with Gasteiger partial charge < -0.3 is 9.30 Å². The lowest BCUT2D eigenvalue weighted by Crippen LogP contribution is -2.06. The highest BCUT2D eigenvalue weighted by Crippen LogP contribution is 2.18. The van der Waals surface area contributed by atoms with Gasteiger partial charge in [0.15, 0.2) is 6.29 Å². The maximum Gasteiger partial charge on any atom is 0.153 e. The van der Waals surface area contributed by atoms with E-state index in [9.17, 15) is 9.18 Å². The lowest BCUT2D eigenvalue weighted by Gasteiger charge is -2.09. The molecule has 1 aromatic heterocycles. The first-order chi connectivity index (χ1) is 8.74. The summed E-state index contributed by atoms with van der Waals surface area (Å²) < 4.78 is 20.4. The van der Waals surface area contributed by atoms with Crippen molar-refractivity contribution in [2.75, 3.05) is 0 Å². The molecule has 2 aromatic rings. The number of hydrogen-bond donors (Lipinski definition) is 0. The zero-order valence-electron chi connectivity index (χ0n) is 9.97. The maximum absolute atomic E-state index is 12.9. The number of hydrogen-bond acceptors (Lipinski definition) is 3. The number of aromatic nitrogens is 2. The number of aryl methyl sites for hydroxylation is 1. The molecule has 1 heterocycles. The Balaban J connectivity index is 2.13. The summed E-state index contributed by atoms with van der Waals surface area (Å²) in [7, 11) is 0. The molecule has 0 bridgehead atoms. The van der Waals surface area contributed by atoms with Gasteiger partial charge in [0.25, 0.3) is 0 Å². The van der Waals surface area contributed by atoms with Crippen LogP contribution in [0.25, 0.3) is 0 Å². The Morgan fingerprint density at radius 3 is 3.06 bits per heavy atom.